The van der Waals surface area contributed by atoms with Gasteiger partial charge in [0.1, 0.15) is 11.3 Å². The molecule has 3 rings (SSSR count). The fraction of sp³-hybridized carbons (Fsp3) is 0.188. The van der Waals surface area contributed by atoms with Gasteiger partial charge in [0.25, 0.3) is 0 Å². The van der Waals surface area contributed by atoms with E-state index in [0.717, 1.165) is 5.69 Å². The van der Waals surface area contributed by atoms with E-state index >= 15 is 0 Å². The Bertz CT molecular complexity index is 897. The molecule has 24 heavy (non-hydrogen) atoms. The van der Waals surface area contributed by atoms with Crippen molar-refractivity contribution in [2.24, 2.45) is 0 Å². The first-order valence-electron chi connectivity index (χ1n) is 7.02. The van der Waals surface area contributed by atoms with E-state index in [1.165, 1.54) is 20.3 Å². The molecular formula is C16H15N3O5. The zero-order valence-corrected chi connectivity index (χ0v) is 13.3. The molecule has 0 saturated heterocycles. The maximum atomic E-state index is 11.7. The van der Waals surface area contributed by atoms with E-state index < -0.39 is 5.97 Å². The van der Waals surface area contributed by atoms with E-state index in [-0.39, 0.29) is 29.1 Å². The molecule has 124 valence electrons. The van der Waals surface area contributed by atoms with Gasteiger partial charge in [-0.1, -0.05) is 0 Å². The smallest absolute Gasteiger partial charge is 0.340 e. The number of carboxylic acid groups (broad SMARTS) is 1. The van der Waals surface area contributed by atoms with Gasteiger partial charge in [-0.2, -0.15) is 9.97 Å². The van der Waals surface area contributed by atoms with Crippen LogP contribution in [0.25, 0.3) is 10.9 Å². The highest BCUT2D eigenvalue weighted by atomic mass is 16.5. The number of rotatable bonds is 5. The molecule has 0 spiro atoms. The molecule has 2 N–H and O–H groups in total. The molecule has 2 aromatic heterocycles. The Morgan fingerprint density at radius 3 is 2.38 bits per heavy atom. The maximum Gasteiger partial charge on any atom is 0.340 e. The Hall–Kier alpha value is -3.29. The van der Waals surface area contributed by atoms with Crippen molar-refractivity contribution in [3.05, 3.63) is 35.5 Å². The normalized spacial score (nSPS) is 10.6. The lowest BCUT2D eigenvalue weighted by atomic mass is 10.1. The van der Waals surface area contributed by atoms with Crippen LogP contribution >= 0.6 is 0 Å². The highest BCUT2D eigenvalue weighted by molar-refractivity contribution is 6.05. The molecule has 8 heteroatoms. The number of aromatic nitrogens is 3. The van der Waals surface area contributed by atoms with Gasteiger partial charge in [0.05, 0.1) is 20.3 Å². The van der Waals surface area contributed by atoms with Gasteiger partial charge in [0.2, 0.25) is 11.8 Å². The van der Waals surface area contributed by atoms with Crippen molar-refractivity contribution in [1.29, 1.82) is 0 Å². The second-order valence-electron chi connectivity index (χ2n) is 4.99. The van der Waals surface area contributed by atoms with Crippen LogP contribution in [0.3, 0.4) is 0 Å². The average molecular weight is 329 g/mol. The minimum absolute atomic E-state index is 0.0298. The van der Waals surface area contributed by atoms with Gasteiger partial charge in [0, 0.05) is 16.6 Å². The summed E-state index contributed by atoms with van der Waals surface area (Å²) in [4.78, 5) is 22.9. The zero-order valence-electron chi connectivity index (χ0n) is 13.3. The standard InChI is InChI=1S/C16H15N3O5/c1-8-6-9-10(17-8)4-5-11(14(9)15(20)21)24-16-18-12(22-2)7-13(19-16)23-3/h4-7,17H,1-3H3,(H,20,21). The first-order chi connectivity index (χ1) is 11.5. The van der Waals surface area contributed by atoms with Crippen LogP contribution in [-0.2, 0) is 0 Å². The Labute approximate surface area is 137 Å². The lowest BCUT2D eigenvalue weighted by molar-refractivity contribution is 0.0696. The minimum atomic E-state index is -1.11. The number of aromatic amines is 1. The minimum Gasteiger partial charge on any atom is -0.481 e. The highest BCUT2D eigenvalue weighted by Gasteiger charge is 2.19. The van der Waals surface area contributed by atoms with Crippen LogP contribution in [0.2, 0.25) is 0 Å². The molecule has 0 unspecified atom stereocenters. The van der Waals surface area contributed by atoms with Gasteiger partial charge in [0.15, 0.2) is 0 Å². The fourth-order valence-corrected chi connectivity index (χ4v) is 2.37. The summed E-state index contributed by atoms with van der Waals surface area (Å²) in [5.41, 5.74) is 1.59. The van der Waals surface area contributed by atoms with Crippen LogP contribution in [0.1, 0.15) is 16.1 Å². The largest absolute Gasteiger partial charge is 0.481 e. The number of methoxy groups -OCH3 is 2. The van der Waals surface area contributed by atoms with E-state index in [1.54, 1.807) is 18.2 Å². The van der Waals surface area contributed by atoms with Crippen LogP contribution in [0, 0.1) is 6.92 Å². The quantitative estimate of drug-likeness (QED) is 0.741. The molecule has 8 nitrogen and oxygen atoms in total. The molecule has 0 aliphatic heterocycles. The number of carbonyl (C=O) groups is 1. The number of hydrogen-bond acceptors (Lipinski definition) is 6. The molecule has 0 saturated carbocycles. The molecule has 2 heterocycles. The Balaban J connectivity index is 2.10. The Morgan fingerprint density at radius 2 is 1.79 bits per heavy atom. The summed E-state index contributed by atoms with van der Waals surface area (Å²) in [6.45, 7) is 1.85. The average Bonchev–Trinajstić information content (AvgIpc) is 2.93. The maximum absolute atomic E-state index is 11.7. The highest BCUT2D eigenvalue weighted by Crippen LogP contribution is 2.32. The van der Waals surface area contributed by atoms with Crippen LogP contribution in [0.15, 0.2) is 24.3 Å². The van der Waals surface area contributed by atoms with Gasteiger partial charge in [-0.25, -0.2) is 4.79 Å². The van der Waals surface area contributed by atoms with Crippen molar-refractivity contribution in [1.82, 2.24) is 15.0 Å². The second-order valence-corrected chi connectivity index (χ2v) is 4.99. The van der Waals surface area contributed by atoms with Crippen molar-refractivity contribution in [3.8, 4) is 23.5 Å². The number of benzene rings is 1. The van der Waals surface area contributed by atoms with Gasteiger partial charge in [-0.3, -0.25) is 0 Å². The molecule has 0 amide bonds. The molecule has 3 aromatic rings. The third kappa shape index (κ3) is 2.81. The molecule has 0 aliphatic carbocycles. The predicted molar refractivity (Wildman–Crippen MR) is 85.2 cm³/mol. The predicted octanol–water partition coefficient (Wildman–Crippen LogP) is 2.77. The van der Waals surface area contributed by atoms with Gasteiger partial charge >= 0.3 is 12.0 Å². The van der Waals surface area contributed by atoms with Crippen LogP contribution < -0.4 is 14.2 Å². The van der Waals surface area contributed by atoms with E-state index in [0.29, 0.717) is 10.9 Å². The lowest BCUT2D eigenvalue weighted by Gasteiger charge is -2.10. The lowest BCUT2D eigenvalue weighted by Crippen LogP contribution is -2.03. The van der Waals surface area contributed by atoms with Gasteiger partial charge in [-0.05, 0) is 25.1 Å². The topological polar surface area (TPSA) is 107 Å². The summed E-state index contributed by atoms with van der Waals surface area (Å²) in [7, 11) is 2.89. The third-order valence-corrected chi connectivity index (χ3v) is 3.39. The second kappa shape index (κ2) is 6.07. The molecule has 0 fully saturated rings. The molecule has 0 radical (unpaired) electrons. The molecule has 0 bridgehead atoms. The van der Waals surface area contributed by atoms with Crippen molar-refractivity contribution >= 4 is 16.9 Å². The summed E-state index contributed by atoms with van der Waals surface area (Å²) in [6, 6.07) is 6.46. The van der Waals surface area contributed by atoms with Crippen molar-refractivity contribution in [2.75, 3.05) is 14.2 Å². The fourth-order valence-electron chi connectivity index (χ4n) is 2.37. The number of nitrogens with one attached hydrogen (secondary N) is 1. The third-order valence-electron chi connectivity index (χ3n) is 3.39. The zero-order chi connectivity index (χ0) is 17.3. The van der Waals surface area contributed by atoms with E-state index in [1.807, 2.05) is 6.92 Å². The summed E-state index contributed by atoms with van der Waals surface area (Å²) >= 11 is 0. The number of aryl methyl sites for hydroxylation is 1. The molecule has 0 atom stereocenters. The SMILES string of the molecule is COc1cc(OC)nc(Oc2ccc3[nH]c(C)cc3c2C(=O)O)n1. The van der Waals surface area contributed by atoms with Crippen molar-refractivity contribution in [2.45, 2.75) is 6.92 Å². The number of aromatic carboxylic acids is 1. The number of hydrogen-bond donors (Lipinski definition) is 2. The summed E-state index contributed by atoms with van der Waals surface area (Å²) in [5, 5.41) is 10.1. The van der Waals surface area contributed by atoms with Crippen LogP contribution in [0.5, 0.6) is 23.5 Å². The first kappa shape index (κ1) is 15.6. The van der Waals surface area contributed by atoms with Crippen molar-refractivity contribution < 1.29 is 24.1 Å². The molecular weight excluding hydrogens is 314 g/mol. The summed E-state index contributed by atoms with van der Waals surface area (Å²) < 4.78 is 15.7. The number of carboxylic acids is 1. The van der Waals surface area contributed by atoms with E-state index in [9.17, 15) is 9.90 Å². The Morgan fingerprint density at radius 1 is 1.12 bits per heavy atom. The Kier molecular flexibility index (Phi) is 3.95. The number of ether oxygens (including phenoxy) is 3. The summed E-state index contributed by atoms with van der Waals surface area (Å²) in [6.07, 6.45) is 0. The van der Waals surface area contributed by atoms with Crippen molar-refractivity contribution in [3.63, 3.8) is 0 Å². The molecule has 0 aliphatic rings. The van der Waals surface area contributed by atoms with E-state index in [2.05, 4.69) is 15.0 Å². The van der Waals surface area contributed by atoms with Crippen LogP contribution in [-0.4, -0.2) is 40.2 Å². The monoisotopic (exact) mass is 329 g/mol. The number of nitrogens with zero attached hydrogens (tertiary/aromatic N) is 2. The van der Waals surface area contributed by atoms with Crippen LogP contribution in [0.4, 0.5) is 0 Å². The van der Waals surface area contributed by atoms with Gasteiger partial charge in [-0.15, -0.1) is 0 Å². The van der Waals surface area contributed by atoms with Gasteiger partial charge < -0.3 is 24.3 Å². The summed E-state index contributed by atoms with van der Waals surface area (Å²) in [5.74, 6) is -0.492. The number of fused-ring (bicyclic) bond motifs is 1. The molecule has 1 aromatic carbocycles. The number of H-pyrrole nitrogens is 1. The van der Waals surface area contributed by atoms with E-state index in [4.69, 9.17) is 14.2 Å². The first-order valence-corrected chi connectivity index (χ1v) is 7.02.